The van der Waals surface area contributed by atoms with Gasteiger partial charge in [-0.2, -0.15) is 4.98 Å². The van der Waals surface area contributed by atoms with E-state index in [9.17, 15) is 23.8 Å². The van der Waals surface area contributed by atoms with Crippen LogP contribution in [0.1, 0.15) is 15.7 Å². The van der Waals surface area contributed by atoms with E-state index in [1.54, 1.807) is 30.3 Å². The van der Waals surface area contributed by atoms with E-state index in [2.05, 4.69) is 10.3 Å². The number of carbonyl (C=O) groups is 1. The fourth-order valence-electron chi connectivity index (χ4n) is 2.99. The average molecular weight is 428 g/mol. The van der Waals surface area contributed by atoms with E-state index in [-0.39, 0.29) is 12.4 Å². The van der Waals surface area contributed by atoms with Gasteiger partial charge in [-0.1, -0.05) is 18.2 Å². The summed E-state index contributed by atoms with van der Waals surface area (Å²) < 4.78 is 25.6. The van der Waals surface area contributed by atoms with Gasteiger partial charge in [0, 0.05) is 11.8 Å². The first kappa shape index (κ1) is 19.4. The van der Waals surface area contributed by atoms with Crippen molar-refractivity contribution in [1.82, 2.24) is 9.55 Å². The molecule has 2 saturated heterocycles. The molecule has 2 aliphatic heterocycles. The van der Waals surface area contributed by atoms with Gasteiger partial charge in [-0.25, -0.2) is 9.18 Å². The number of thioether (sulfide) groups is 1. The molecule has 4 rings (SSSR count). The van der Waals surface area contributed by atoms with Gasteiger partial charge in [-0.05, 0) is 18.2 Å². The van der Waals surface area contributed by atoms with Gasteiger partial charge in [-0.3, -0.25) is 18.4 Å². The predicted octanol–water partition coefficient (Wildman–Crippen LogP) is 1.53. The van der Waals surface area contributed by atoms with Crippen molar-refractivity contribution in [2.45, 2.75) is 22.9 Å². The van der Waals surface area contributed by atoms with Crippen LogP contribution in [0.2, 0.25) is 0 Å². The van der Waals surface area contributed by atoms with E-state index in [1.165, 1.54) is 12.3 Å². The van der Waals surface area contributed by atoms with Crippen molar-refractivity contribution in [2.24, 2.45) is 0 Å². The van der Waals surface area contributed by atoms with Crippen molar-refractivity contribution in [3.8, 4) is 0 Å². The quantitative estimate of drug-likeness (QED) is 0.629. The summed E-state index contributed by atoms with van der Waals surface area (Å²) in [5, 5.41) is 1.07. The molecular weight excluding hydrogens is 412 g/mol. The topological polar surface area (TPSA) is 123 Å². The van der Waals surface area contributed by atoms with Crippen LogP contribution >= 0.6 is 19.9 Å². The second kappa shape index (κ2) is 7.51. The van der Waals surface area contributed by atoms with Gasteiger partial charge in [-0.15, -0.1) is 11.8 Å². The molecule has 0 saturated carbocycles. The van der Waals surface area contributed by atoms with Gasteiger partial charge in [0.05, 0.1) is 11.9 Å². The SMILES string of the molecule is O=C(Nc1ccn([C@@H]2S[C@@H]3CO[P](O)(O)O[C@H]3[C@@H]2F)c(=O)n1)c1ccccc1. The molecule has 2 aromatic rings. The summed E-state index contributed by atoms with van der Waals surface area (Å²) in [6.07, 6.45) is -1.43. The molecule has 1 radical (unpaired) electrons. The zero-order valence-corrected chi connectivity index (χ0v) is 15.9. The maximum absolute atomic E-state index is 14.8. The van der Waals surface area contributed by atoms with Crippen LogP contribution in [0.4, 0.5) is 10.2 Å². The molecule has 9 nitrogen and oxygen atoms in total. The zero-order valence-electron chi connectivity index (χ0n) is 14.2. The highest BCUT2D eigenvalue weighted by molar-refractivity contribution is 8.00. The third-order valence-electron chi connectivity index (χ3n) is 4.31. The first-order valence-electron chi connectivity index (χ1n) is 8.27. The Morgan fingerprint density at radius 3 is 2.79 bits per heavy atom. The highest BCUT2D eigenvalue weighted by Crippen LogP contribution is 2.61. The second-order valence-electron chi connectivity index (χ2n) is 6.19. The fraction of sp³-hybridized carbons (Fsp3) is 0.312. The van der Waals surface area contributed by atoms with Crippen molar-refractivity contribution in [1.29, 1.82) is 0 Å². The van der Waals surface area contributed by atoms with E-state index in [1.807, 2.05) is 0 Å². The molecule has 1 aromatic carbocycles. The van der Waals surface area contributed by atoms with E-state index >= 15 is 0 Å². The van der Waals surface area contributed by atoms with Crippen molar-refractivity contribution in [2.75, 3.05) is 11.9 Å². The number of aromatic nitrogens is 2. The first-order valence-corrected chi connectivity index (χ1v) is 10.7. The lowest BCUT2D eigenvalue weighted by atomic mass is 10.1. The summed E-state index contributed by atoms with van der Waals surface area (Å²) in [6, 6.07) is 9.82. The maximum Gasteiger partial charge on any atom is 0.375 e. The number of hydrogen-bond acceptors (Lipinski definition) is 8. The van der Waals surface area contributed by atoms with Gasteiger partial charge in [0.25, 0.3) is 5.91 Å². The molecular formula is C16H16FN3O6PS. The third kappa shape index (κ3) is 3.82. The monoisotopic (exact) mass is 428 g/mol. The molecule has 12 heteroatoms. The molecule has 0 aliphatic carbocycles. The molecule has 28 heavy (non-hydrogen) atoms. The average Bonchev–Trinajstić information content (AvgIpc) is 2.97. The number of rotatable bonds is 3. The number of benzene rings is 1. The van der Waals surface area contributed by atoms with Crippen LogP contribution in [0.15, 0.2) is 47.4 Å². The van der Waals surface area contributed by atoms with Crippen LogP contribution in [-0.4, -0.2) is 49.4 Å². The summed E-state index contributed by atoms with van der Waals surface area (Å²) in [5.41, 5.74) is -0.343. The third-order valence-corrected chi connectivity index (χ3v) is 6.84. The minimum absolute atomic E-state index is 0.0427. The summed E-state index contributed by atoms with van der Waals surface area (Å²) in [7, 11) is -4.03. The highest BCUT2D eigenvalue weighted by atomic mass is 32.2. The Bertz CT molecular complexity index is 945. The van der Waals surface area contributed by atoms with Gasteiger partial charge in [0.2, 0.25) is 0 Å². The van der Waals surface area contributed by atoms with E-state index < -0.39 is 42.7 Å². The zero-order chi connectivity index (χ0) is 19.9. The number of halogens is 1. The van der Waals surface area contributed by atoms with Crippen LogP contribution < -0.4 is 11.0 Å². The van der Waals surface area contributed by atoms with Gasteiger partial charge in [0.15, 0.2) is 6.17 Å². The largest absolute Gasteiger partial charge is 0.375 e. The Morgan fingerprint density at radius 1 is 1.32 bits per heavy atom. The maximum atomic E-state index is 14.8. The number of fused-ring (bicyclic) bond motifs is 1. The molecule has 0 unspecified atom stereocenters. The Morgan fingerprint density at radius 2 is 2.07 bits per heavy atom. The number of nitrogens with one attached hydrogen (secondary N) is 1. The van der Waals surface area contributed by atoms with Crippen molar-refractivity contribution in [3.63, 3.8) is 0 Å². The first-order chi connectivity index (χ1) is 13.3. The van der Waals surface area contributed by atoms with Crippen LogP contribution in [-0.2, 0) is 9.05 Å². The van der Waals surface area contributed by atoms with E-state index in [4.69, 9.17) is 9.05 Å². The van der Waals surface area contributed by atoms with Crippen molar-refractivity contribution in [3.05, 3.63) is 58.6 Å². The fourth-order valence-corrected chi connectivity index (χ4v) is 5.63. The molecule has 2 aliphatic rings. The molecule has 149 valence electrons. The molecule has 3 N–H and O–H groups in total. The van der Waals surface area contributed by atoms with Crippen molar-refractivity contribution < 1.29 is 28.0 Å². The number of nitrogens with zero attached hydrogens (tertiary/aromatic N) is 2. The lowest BCUT2D eigenvalue weighted by molar-refractivity contribution is -0.00529. The standard InChI is InChI=1S/C16H16FN3O6PS/c17-12-13-10(8-25-27(23,24)26-13)28-15(12)20-7-6-11(19-16(20)22)18-14(21)9-4-2-1-3-5-9/h1-7,10,12-13,15,23-24H,8H2,(H,18,19,21,22)/t10-,12+,13-,15-/m1/s1. The van der Waals surface area contributed by atoms with Crippen LogP contribution in [0.3, 0.4) is 0 Å². The summed E-state index contributed by atoms with van der Waals surface area (Å²) in [6.45, 7) is -0.0968. The normalized spacial score (nSPS) is 28.5. The Hall–Kier alpha value is -1.88. The lowest BCUT2D eigenvalue weighted by Crippen LogP contribution is -2.38. The second-order valence-corrected chi connectivity index (χ2v) is 9.00. The lowest BCUT2D eigenvalue weighted by Gasteiger charge is -2.34. The molecule has 1 aromatic heterocycles. The molecule has 0 bridgehead atoms. The number of anilines is 1. The summed E-state index contributed by atoms with van der Waals surface area (Å²) in [5.74, 6) is -0.382. The number of hydrogen-bond donors (Lipinski definition) is 3. The highest BCUT2D eigenvalue weighted by Gasteiger charge is 2.53. The number of amides is 1. The van der Waals surface area contributed by atoms with Crippen LogP contribution in [0.5, 0.6) is 0 Å². The van der Waals surface area contributed by atoms with Gasteiger partial charge < -0.3 is 15.1 Å². The Balaban J connectivity index is 1.51. The molecule has 3 heterocycles. The van der Waals surface area contributed by atoms with E-state index in [0.29, 0.717) is 5.56 Å². The van der Waals surface area contributed by atoms with Crippen LogP contribution in [0.25, 0.3) is 0 Å². The Kier molecular flexibility index (Phi) is 5.21. The molecule has 1 amide bonds. The number of carbonyl (C=O) groups excluding carboxylic acids is 1. The Labute approximate surface area is 163 Å². The van der Waals surface area contributed by atoms with Gasteiger partial charge >= 0.3 is 13.9 Å². The number of alkyl halides is 1. The minimum Gasteiger partial charge on any atom is -0.314 e. The summed E-state index contributed by atoms with van der Waals surface area (Å²) >= 11 is 1.09. The van der Waals surface area contributed by atoms with Crippen LogP contribution in [0, 0.1) is 0 Å². The smallest absolute Gasteiger partial charge is 0.314 e. The molecule has 2 fully saturated rings. The van der Waals surface area contributed by atoms with Gasteiger partial charge in [0.1, 0.15) is 17.3 Å². The van der Waals surface area contributed by atoms with Crippen molar-refractivity contribution >= 4 is 31.7 Å². The van der Waals surface area contributed by atoms with E-state index in [0.717, 1.165) is 16.3 Å². The minimum atomic E-state index is -4.03. The summed E-state index contributed by atoms with van der Waals surface area (Å²) in [4.78, 5) is 47.3. The predicted molar refractivity (Wildman–Crippen MR) is 100 cm³/mol. The molecule has 4 atom stereocenters. The molecule has 0 spiro atoms.